The second kappa shape index (κ2) is 7.68. The highest BCUT2D eigenvalue weighted by atomic mass is 31.1. The minimum Gasteiger partial charge on any atom is -0.0899 e. The highest BCUT2D eigenvalue weighted by Gasteiger charge is 2.18. The lowest BCUT2D eigenvalue weighted by molar-refractivity contribution is 1.52. The molecule has 2 heteroatoms. The summed E-state index contributed by atoms with van der Waals surface area (Å²) in [6.07, 6.45) is 1.21. The summed E-state index contributed by atoms with van der Waals surface area (Å²) < 4.78 is 0. The lowest BCUT2D eigenvalue weighted by Gasteiger charge is -2.22. The van der Waals surface area contributed by atoms with Crippen molar-refractivity contribution in [2.24, 2.45) is 0 Å². The molecule has 0 aliphatic carbocycles. The molecule has 3 aromatic carbocycles. The van der Waals surface area contributed by atoms with Crippen molar-refractivity contribution in [3.8, 4) is 0 Å². The molecule has 1 unspecified atom stereocenters. The van der Waals surface area contributed by atoms with Gasteiger partial charge in [-0.25, -0.2) is 0 Å². The second-order valence-corrected chi connectivity index (χ2v) is 8.84. The van der Waals surface area contributed by atoms with E-state index in [9.17, 15) is 0 Å². The van der Waals surface area contributed by atoms with Crippen molar-refractivity contribution in [2.45, 2.75) is 6.92 Å². The predicted molar refractivity (Wildman–Crippen MR) is 104 cm³/mol. The number of hydrogen-bond acceptors (Lipinski definition) is 0. The molecule has 0 saturated heterocycles. The molecule has 22 heavy (non-hydrogen) atoms. The standard InChI is InChI=1S/C20H20P2/c1-2-21-19-15-9-10-16-20(19)22(17-11-5-3-6-12-17)18-13-7-4-8-14-18/h3-16,21H,2H2,1H3. The first kappa shape index (κ1) is 15.4. The highest BCUT2D eigenvalue weighted by Crippen LogP contribution is 2.33. The fourth-order valence-electron chi connectivity index (χ4n) is 2.59. The third-order valence-electron chi connectivity index (χ3n) is 3.54. The van der Waals surface area contributed by atoms with Crippen LogP contribution >= 0.6 is 16.5 Å². The van der Waals surface area contributed by atoms with E-state index in [-0.39, 0.29) is 0 Å². The monoisotopic (exact) mass is 322 g/mol. The van der Waals surface area contributed by atoms with Gasteiger partial charge >= 0.3 is 0 Å². The molecule has 0 saturated carbocycles. The second-order valence-electron chi connectivity index (χ2n) is 5.05. The highest BCUT2D eigenvalue weighted by molar-refractivity contribution is 7.81. The molecule has 3 rings (SSSR count). The van der Waals surface area contributed by atoms with Crippen LogP contribution in [0.25, 0.3) is 0 Å². The van der Waals surface area contributed by atoms with Crippen LogP contribution < -0.4 is 21.2 Å². The Balaban J connectivity index is 2.15. The molecule has 0 aliphatic rings. The Morgan fingerprint density at radius 1 is 0.682 bits per heavy atom. The average molecular weight is 322 g/mol. The summed E-state index contributed by atoms with van der Waals surface area (Å²) in [7, 11) is 0.413. The Labute approximate surface area is 136 Å². The first-order valence-corrected chi connectivity index (χ1v) is 10.2. The zero-order valence-corrected chi connectivity index (χ0v) is 14.6. The zero-order valence-electron chi connectivity index (χ0n) is 12.7. The van der Waals surface area contributed by atoms with Gasteiger partial charge in [0.15, 0.2) is 0 Å². The summed E-state index contributed by atoms with van der Waals surface area (Å²) in [6, 6.07) is 30.9. The normalized spacial score (nSPS) is 11.4. The van der Waals surface area contributed by atoms with Gasteiger partial charge in [-0.15, -0.1) is 0 Å². The quantitative estimate of drug-likeness (QED) is 0.627. The molecule has 0 spiro atoms. The molecule has 0 bridgehead atoms. The van der Waals surface area contributed by atoms with Crippen LogP contribution in [-0.4, -0.2) is 6.16 Å². The van der Waals surface area contributed by atoms with Crippen molar-refractivity contribution in [3.63, 3.8) is 0 Å². The van der Waals surface area contributed by atoms with E-state index in [1.54, 1.807) is 0 Å². The van der Waals surface area contributed by atoms with Crippen molar-refractivity contribution in [1.82, 2.24) is 0 Å². The van der Waals surface area contributed by atoms with E-state index in [2.05, 4.69) is 91.9 Å². The number of rotatable bonds is 5. The van der Waals surface area contributed by atoms with Crippen LogP contribution in [0, 0.1) is 0 Å². The molecule has 3 aromatic rings. The van der Waals surface area contributed by atoms with E-state index in [1.165, 1.54) is 27.4 Å². The molecule has 0 aromatic heterocycles. The van der Waals surface area contributed by atoms with Crippen LogP contribution in [0.2, 0.25) is 0 Å². The predicted octanol–water partition coefficient (Wildman–Crippen LogP) is 3.77. The van der Waals surface area contributed by atoms with Gasteiger partial charge in [0, 0.05) is 0 Å². The van der Waals surface area contributed by atoms with Gasteiger partial charge in [-0.3, -0.25) is 0 Å². The van der Waals surface area contributed by atoms with Gasteiger partial charge in [0.1, 0.15) is 0 Å². The topological polar surface area (TPSA) is 0 Å². The Hall–Kier alpha value is -1.48. The van der Waals surface area contributed by atoms with Crippen molar-refractivity contribution >= 4 is 37.7 Å². The van der Waals surface area contributed by atoms with Gasteiger partial charge in [0.05, 0.1) is 0 Å². The lowest BCUT2D eigenvalue weighted by Crippen LogP contribution is -2.28. The van der Waals surface area contributed by atoms with E-state index in [0.29, 0.717) is 0 Å². The van der Waals surface area contributed by atoms with E-state index >= 15 is 0 Å². The minimum absolute atomic E-state index is 0.471. The van der Waals surface area contributed by atoms with Crippen LogP contribution in [0.4, 0.5) is 0 Å². The molecule has 0 amide bonds. The summed E-state index contributed by atoms with van der Waals surface area (Å²) >= 11 is 0. The summed E-state index contributed by atoms with van der Waals surface area (Å²) in [6.45, 7) is 2.27. The van der Waals surface area contributed by atoms with Crippen molar-refractivity contribution < 1.29 is 0 Å². The minimum atomic E-state index is -0.471. The molecule has 0 fully saturated rings. The van der Waals surface area contributed by atoms with Gasteiger partial charge in [0.2, 0.25) is 0 Å². The fraction of sp³-hybridized carbons (Fsp3) is 0.100. The van der Waals surface area contributed by atoms with Crippen molar-refractivity contribution in [3.05, 3.63) is 84.9 Å². The molecular formula is C20H20P2. The zero-order chi connectivity index (χ0) is 15.2. The summed E-state index contributed by atoms with van der Waals surface area (Å²) in [4.78, 5) is 0. The number of hydrogen-bond donors (Lipinski definition) is 0. The third kappa shape index (κ3) is 3.46. The smallest absolute Gasteiger partial charge is 0.00768 e. The summed E-state index contributed by atoms with van der Waals surface area (Å²) in [5.74, 6) is 0. The largest absolute Gasteiger partial charge is 0.0899 e. The third-order valence-corrected chi connectivity index (χ3v) is 7.42. The van der Waals surface area contributed by atoms with Gasteiger partial charge in [-0.2, -0.15) is 0 Å². The first-order valence-electron chi connectivity index (χ1n) is 7.63. The van der Waals surface area contributed by atoms with Crippen LogP contribution in [0.15, 0.2) is 84.9 Å². The van der Waals surface area contributed by atoms with Gasteiger partial charge in [-0.05, 0) is 35.3 Å². The van der Waals surface area contributed by atoms with Gasteiger partial charge in [-0.1, -0.05) is 100 Å². The molecular weight excluding hydrogens is 302 g/mol. The van der Waals surface area contributed by atoms with Crippen LogP contribution in [-0.2, 0) is 0 Å². The van der Waals surface area contributed by atoms with Crippen LogP contribution in [0.1, 0.15) is 6.92 Å². The summed E-state index contributed by atoms with van der Waals surface area (Å²) in [5.41, 5.74) is 0. The van der Waals surface area contributed by atoms with E-state index < -0.39 is 7.92 Å². The van der Waals surface area contributed by atoms with Crippen molar-refractivity contribution in [2.75, 3.05) is 6.16 Å². The molecule has 0 radical (unpaired) electrons. The molecule has 1 atom stereocenters. The number of benzene rings is 3. The maximum absolute atomic E-state index is 2.32. The van der Waals surface area contributed by atoms with Gasteiger partial charge in [0.25, 0.3) is 0 Å². The molecule has 0 heterocycles. The summed E-state index contributed by atoms with van der Waals surface area (Å²) in [5, 5.41) is 5.88. The first-order chi connectivity index (χ1) is 10.9. The van der Waals surface area contributed by atoms with E-state index in [1.807, 2.05) is 0 Å². The maximum atomic E-state index is 2.32. The molecule has 0 N–H and O–H groups in total. The Morgan fingerprint density at radius 3 is 1.73 bits per heavy atom. The molecule has 110 valence electrons. The molecule has 0 nitrogen and oxygen atoms in total. The van der Waals surface area contributed by atoms with Crippen LogP contribution in [0.5, 0.6) is 0 Å². The fourth-order valence-corrected chi connectivity index (χ4v) is 6.37. The Kier molecular flexibility index (Phi) is 5.38. The Morgan fingerprint density at radius 2 is 1.18 bits per heavy atom. The van der Waals surface area contributed by atoms with Crippen LogP contribution in [0.3, 0.4) is 0 Å². The average Bonchev–Trinajstić information content (AvgIpc) is 2.59. The van der Waals surface area contributed by atoms with E-state index in [4.69, 9.17) is 0 Å². The van der Waals surface area contributed by atoms with Crippen molar-refractivity contribution in [1.29, 1.82) is 0 Å². The SMILES string of the molecule is CCPc1ccccc1P(c1ccccc1)c1ccccc1. The lowest BCUT2D eigenvalue weighted by atomic mass is 10.3. The molecule has 0 aliphatic heterocycles. The Bertz CT molecular complexity index is 669. The van der Waals surface area contributed by atoms with Gasteiger partial charge < -0.3 is 0 Å². The van der Waals surface area contributed by atoms with E-state index in [0.717, 1.165) is 8.58 Å². The maximum Gasteiger partial charge on any atom is -0.00768 e.